The summed E-state index contributed by atoms with van der Waals surface area (Å²) in [6.45, 7) is 2.96. The van der Waals surface area contributed by atoms with Crippen LogP contribution in [-0.4, -0.2) is 23.6 Å². The average Bonchev–Trinajstić information content (AvgIpc) is 2.32. The fourth-order valence-electron chi connectivity index (χ4n) is 1.95. The average molecular weight is 261 g/mol. The largest absolute Gasteiger partial charge is 0.312 e. The van der Waals surface area contributed by atoms with Crippen molar-refractivity contribution in [1.82, 2.24) is 5.32 Å². The highest BCUT2D eigenvalue weighted by molar-refractivity contribution is 8.00. The molecule has 0 aliphatic carbocycles. The van der Waals surface area contributed by atoms with Gasteiger partial charge in [-0.3, -0.25) is 0 Å². The predicted molar refractivity (Wildman–Crippen MR) is 63.7 cm³/mol. The predicted octanol–water partition coefficient (Wildman–Crippen LogP) is 2.74. The molecule has 0 radical (unpaired) electrons. The van der Waals surface area contributed by atoms with E-state index in [2.05, 4.69) is 5.32 Å². The summed E-state index contributed by atoms with van der Waals surface area (Å²) in [6.07, 6.45) is 0.419. The zero-order valence-electron chi connectivity index (χ0n) is 9.47. The van der Waals surface area contributed by atoms with Crippen LogP contribution in [0.25, 0.3) is 0 Å². The van der Waals surface area contributed by atoms with Crippen molar-refractivity contribution in [2.45, 2.75) is 24.6 Å². The van der Waals surface area contributed by atoms with E-state index in [9.17, 15) is 13.2 Å². The molecule has 17 heavy (non-hydrogen) atoms. The first-order valence-electron chi connectivity index (χ1n) is 5.57. The second-order valence-electron chi connectivity index (χ2n) is 4.19. The highest BCUT2D eigenvalue weighted by Gasteiger charge is 2.24. The van der Waals surface area contributed by atoms with E-state index in [1.807, 2.05) is 6.92 Å². The second kappa shape index (κ2) is 5.31. The van der Waals surface area contributed by atoms with E-state index >= 15 is 0 Å². The van der Waals surface area contributed by atoms with Crippen LogP contribution in [0.3, 0.4) is 0 Å². The topological polar surface area (TPSA) is 12.0 Å². The van der Waals surface area contributed by atoms with Crippen molar-refractivity contribution in [1.29, 1.82) is 0 Å². The lowest BCUT2D eigenvalue weighted by Gasteiger charge is -2.29. The summed E-state index contributed by atoms with van der Waals surface area (Å²) in [6, 6.07) is 2.57. The Hall–Kier alpha value is -0.680. The molecular formula is C12H14F3NS. The Balaban J connectivity index is 2.15. The lowest BCUT2D eigenvalue weighted by molar-refractivity contribution is 0.437. The third-order valence-electron chi connectivity index (χ3n) is 2.99. The van der Waals surface area contributed by atoms with Crippen molar-refractivity contribution < 1.29 is 13.2 Å². The third-order valence-corrected chi connectivity index (χ3v) is 4.44. The van der Waals surface area contributed by atoms with Crippen molar-refractivity contribution >= 4 is 11.8 Å². The minimum Gasteiger partial charge on any atom is -0.312 e. The number of halogens is 3. The van der Waals surface area contributed by atoms with E-state index in [0.29, 0.717) is 6.42 Å². The maximum absolute atomic E-state index is 13.5. The van der Waals surface area contributed by atoms with Gasteiger partial charge in [0.15, 0.2) is 17.5 Å². The Kier molecular flexibility index (Phi) is 3.99. The summed E-state index contributed by atoms with van der Waals surface area (Å²) < 4.78 is 39.4. The summed E-state index contributed by atoms with van der Waals surface area (Å²) in [7, 11) is 0. The minimum atomic E-state index is -1.37. The molecule has 1 aromatic rings. The van der Waals surface area contributed by atoms with Crippen LogP contribution in [0.2, 0.25) is 0 Å². The van der Waals surface area contributed by atoms with Gasteiger partial charge in [-0.25, -0.2) is 13.2 Å². The number of hydrogen-bond acceptors (Lipinski definition) is 2. The van der Waals surface area contributed by atoms with Crippen LogP contribution >= 0.6 is 11.8 Å². The molecule has 2 rings (SSSR count). The Morgan fingerprint density at radius 2 is 2.06 bits per heavy atom. The molecule has 1 heterocycles. The Bertz CT molecular complexity index is 411. The number of nitrogens with one attached hydrogen (secondary N) is 1. The number of benzene rings is 1. The van der Waals surface area contributed by atoms with E-state index in [-0.39, 0.29) is 16.9 Å². The first kappa shape index (κ1) is 12.8. The molecule has 1 saturated heterocycles. The summed E-state index contributed by atoms with van der Waals surface area (Å²) in [5.41, 5.74) is 0.247. The van der Waals surface area contributed by atoms with Gasteiger partial charge in [0.05, 0.1) is 0 Å². The van der Waals surface area contributed by atoms with Crippen molar-refractivity contribution in [2.24, 2.45) is 0 Å². The SMILES string of the molecule is CC1NCCSC1Cc1ccc(F)c(F)c1F. The smallest absolute Gasteiger partial charge is 0.194 e. The van der Waals surface area contributed by atoms with Gasteiger partial charge >= 0.3 is 0 Å². The maximum Gasteiger partial charge on any atom is 0.194 e. The molecule has 1 aliphatic heterocycles. The van der Waals surface area contributed by atoms with Crippen molar-refractivity contribution in [2.75, 3.05) is 12.3 Å². The molecule has 2 unspecified atom stereocenters. The molecule has 0 bridgehead atoms. The maximum atomic E-state index is 13.5. The summed E-state index contributed by atoms with van der Waals surface area (Å²) >= 11 is 1.74. The van der Waals surface area contributed by atoms with Gasteiger partial charge in [-0.15, -0.1) is 0 Å². The van der Waals surface area contributed by atoms with Crippen molar-refractivity contribution in [3.05, 3.63) is 35.1 Å². The van der Waals surface area contributed by atoms with Crippen LogP contribution in [0.4, 0.5) is 13.2 Å². The van der Waals surface area contributed by atoms with Gasteiger partial charge in [0.25, 0.3) is 0 Å². The molecule has 2 atom stereocenters. The standard InChI is InChI=1S/C12H14F3NS/c1-7-10(17-5-4-16-7)6-8-2-3-9(13)12(15)11(8)14/h2-3,7,10,16H,4-6H2,1H3. The van der Waals surface area contributed by atoms with Crippen LogP contribution in [-0.2, 0) is 6.42 Å². The first-order valence-corrected chi connectivity index (χ1v) is 6.62. The first-order chi connectivity index (χ1) is 8.09. The van der Waals surface area contributed by atoms with Gasteiger partial charge in [0, 0.05) is 23.6 Å². The molecule has 0 saturated carbocycles. The van der Waals surface area contributed by atoms with Gasteiger partial charge in [-0.1, -0.05) is 6.07 Å². The highest BCUT2D eigenvalue weighted by atomic mass is 32.2. The Labute approximate surface area is 103 Å². The van der Waals surface area contributed by atoms with Crippen LogP contribution in [0.15, 0.2) is 12.1 Å². The monoisotopic (exact) mass is 261 g/mol. The number of rotatable bonds is 2. The number of thioether (sulfide) groups is 1. The lowest BCUT2D eigenvalue weighted by Crippen LogP contribution is -2.42. The third kappa shape index (κ3) is 2.77. The molecular weight excluding hydrogens is 247 g/mol. The summed E-state index contributed by atoms with van der Waals surface area (Å²) in [5.74, 6) is -2.60. The quantitative estimate of drug-likeness (QED) is 0.822. The van der Waals surface area contributed by atoms with E-state index in [0.717, 1.165) is 18.4 Å². The van der Waals surface area contributed by atoms with E-state index < -0.39 is 17.5 Å². The Morgan fingerprint density at radius 1 is 1.29 bits per heavy atom. The van der Waals surface area contributed by atoms with Gasteiger partial charge in [-0.05, 0) is 25.0 Å². The molecule has 0 amide bonds. The summed E-state index contributed by atoms with van der Waals surface area (Å²) in [5, 5.41) is 3.48. The Morgan fingerprint density at radius 3 is 2.76 bits per heavy atom. The van der Waals surface area contributed by atoms with Crippen LogP contribution in [0.1, 0.15) is 12.5 Å². The van der Waals surface area contributed by atoms with Crippen LogP contribution in [0, 0.1) is 17.5 Å². The minimum absolute atomic E-state index is 0.197. The van der Waals surface area contributed by atoms with Crippen LogP contribution in [0.5, 0.6) is 0 Å². The number of hydrogen-bond donors (Lipinski definition) is 1. The fraction of sp³-hybridized carbons (Fsp3) is 0.500. The van der Waals surface area contributed by atoms with Gasteiger partial charge in [0.2, 0.25) is 0 Å². The molecule has 1 N–H and O–H groups in total. The van der Waals surface area contributed by atoms with Gasteiger partial charge < -0.3 is 5.32 Å². The molecule has 1 nitrogen and oxygen atoms in total. The van der Waals surface area contributed by atoms with E-state index in [1.54, 1.807) is 11.8 Å². The molecule has 1 fully saturated rings. The zero-order valence-corrected chi connectivity index (χ0v) is 10.3. The van der Waals surface area contributed by atoms with Crippen LogP contribution < -0.4 is 5.32 Å². The second-order valence-corrected chi connectivity index (χ2v) is 5.54. The van der Waals surface area contributed by atoms with E-state index in [4.69, 9.17) is 0 Å². The van der Waals surface area contributed by atoms with Crippen molar-refractivity contribution in [3.63, 3.8) is 0 Å². The molecule has 0 spiro atoms. The molecule has 5 heteroatoms. The highest BCUT2D eigenvalue weighted by Crippen LogP contribution is 2.25. The zero-order chi connectivity index (χ0) is 12.4. The fourth-order valence-corrected chi connectivity index (χ4v) is 3.17. The normalized spacial score (nSPS) is 24.9. The molecule has 1 aromatic carbocycles. The van der Waals surface area contributed by atoms with E-state index in [1.165, 1.54) is 6.07 Å². The van der Waals surface area contributed by atoms with Gasteiger partial charge in [-0.2, -0.15) is 11.8 Å². The summed E-state index contributed by atoms with van der Waals surface area (Å²) in [4.78, 5) is 0. The van der Waals surface area contributed by atoms with Gasteiger partial charge in [0.1, 0.15) is 0 Å². The molecule has 1 aliphatic rings. The molecule has 0 aromatic heterocycles. The van der Waals surface area contributed by atoms with Crippen molar-refractivity contribution in [3.8, 4) is 0 Å². The lowest BCUT2D eigenvalue weighted by atomic mass is 10.0. The molecule has 94 valence electrons.